The molecule has 0 bridgehead atoms. The Balaban J connectivity index is 2.04. The minimum absolute atomic E-state index is 0.377. The van der Waals surface area contributed by atoms with Crippen molar-refractivity contribution in [1.82, 2.24) is 15.5 Å². The van der Waals surface area contributed by atoms with E-state index in [0.717, 1.165) is 13.1 Å². The summed E-state index contributed by atoms with van der Waals surface area (Å²) >= 11 is 0. The van der Waals surface area contributed by atoms with E-state index in [0.29, 0.717) is 23.9 Å². The molecule has 1 aromatic heterocycles. The molecule has 1 aromatic rings. The van der Waals surface area contributed by atoms with Crippen molar-refractivity contribution in [3.63, 3.8) is 0 Å². The van der Waals surface area contributed by atoms with Crippen LogP contribution in [-0.2, 0) is 0 Å². The van der Waals surface area contributed by atoms with Crippen LogP contribution in [0.5, 0.6) is 0 Å². The summed E-state index contributed by atoms with van der Waals surface area (Å²) in [6.07, 6.45) is 2.50. The Kier molecular flexibility index (Phi) is 3.43. The van der Waals surface area contributed by atoms with E-state index in [9.17, 15) is 0 Å². The van der Waals surface area contributed by atoms with Crippen LogP contribution in [-0.4, -0.2) is 35.3 Å². The van der Waals surface area contributed by atoms with Crippen molar-refractivity contribution in [3.05, 3.63) is 5.82 Å². The first kappa shape index (κ1) is 11.4. The summed E-state index contributed by atoms with van der Waals surface area (Å²) in [7, 11) is 0. The van der Waals surface area contributed by atoms with E-state index >= 15 is 0 Å². The fraction of sp³-hybridized carbons (Fsp3) is 0.818. The van der Waals surface area contributed by atoms with Crippen LogP contribution in [0.2, 0.25) is 0 Å². The van der Waals surface area contributed by atoms with Crippen LogP contribution in [0.15, 0.2) is 4.52 Å². The number of aryl methyl sites for hydroxylation is 1. The van der Waals surface area contributed by atoms with Crippen LogP contribution in [0.4, 0.5) is 6.01 Å². The minimum Gasteiger partial charge on any atom is -0.320 e. The minimum atomic E-state index is 0.377. The normalized spacial score (nSPS) is 20.6. The fourth-order valence-corrected chi connectivity index (χ4v) is 2.06. The van der Waals surface area contributed by atoms with E-state index in [4.69, 9.17) is 4.52 Å². The predicted molar refractivity (Wildman–Crippen MR) is 62.5 cm³/mol. The van der Waals surface area contributed by atoms with Crippen LogP contribution in [0.1, 0.15) is 32.5 Å². The third kappa shape index (κ3) is 2.52. The predicted octanol–water partition coefficient (Wildman–Crippen LogP) is 1.34. The largest absolute Gasteiger partial charge is 0.324 e. The van der Waals surface area contributed by atoms with E-state index in [1.807, 2.05) is 6.92 Å². The van der Waals surface area contributed by atoms with Crippen molar-refractivity contribution >= 4 is 6.01 Å². The Bertz CT molecular complexity index is 330. The van der Waals surface area contributed by atoms with Gasteiger partial charge in [-0.25, -0.2) is 0 Å². The van der Waals surface area contributed by atoms with Gasteiger partial charge in [-0.2, -0.15) is 4.98 Å². The van der Waals surface area contributed by atoms with Crippen molar-refractivity contribution in [2.45, 2.75) is 45.7 Å². The van der Waals surface area contributed by atoms with Crippen LogP contribution in [0.25, 0.3) is 0 Å². The molecule has 0 spiro atoms. The highest BCUT2D eigenvalue weighted by atomic mass is 16.5. The summed E-state index contributed by atoms with van der Waals surface area (Å²) in [5.41, 5.74) is 0. The molecule has 1 saturated heterocycles. The van der Waals surface area contributed by atoms with Gasteiger partial charge in [0.2, 0.25) is 0 Å². The second kappa shape index (κ2) is 4.82. The van der Waals surface area contributed by atoms with Gasteiger partial charge in [-0.15, -0.1) is 0 Å². The van der Waals surface area contributed by atoms with E-state index in [1.165, 1.54) is 12.8 Å². The van der Waals surface area contributed by atoms with Gasteiger partial charge in [0.05, 0.1) is 0 Å². The number of hydrogen-bond acceptors (Lipinski definition) is 5. The fourth-order valence-electron chi connectivity index (χ4n) is 2.06. The zero-order valence-corrected chi connectivity index (χ0v) is 10.2. The van der Waals surface area contributed by atoms with Crippen LogP contribution in [0, 0.1) is 6.92 Å². The number of nitrogens with one attached hydrogen (secondary N) is 1. The topological polar surface area (TPSA) is 54.2 Å². The summed E-state index contributed by atoms with van der Waals surface area (Å²) in [5.74, 6) is 0.694. The second-order valence-electron chi connectivity index (χ2n) is 4.66. The maximum absolute atomic E-state index is 5.24. The monoisotopic (exact) mass is 224 g/mol. The average Bonchev–Trinajstić information content (AvgIpc) is 2.84. The van der Waals surface area contributed by atoms with E-state index in [1.54, 1.807) is 0 Å². The standard InChI is InChI=1S/C11H20N4O/c1-8(2)15(7-10-5-4-6-12-10)11-13-9(3)14-16-11/h8,10,12H,4-7H2,1-3H3. The van der Waals surface area contributed by atoms with E-state index < -0.39 is 0 Å². The van der Waals surface area contributed by atoms with Gasteiger partial charge >= 0.3 is 6.01 Å². The molecule has 1 unspecified atom stereocenters. The lowest BCUT2D eigenvalue weighted by molar-refractivity contribution is 0.394. The maximum atomic E-state index is 5.24. The Morgan fingerprint density at radius 2 is 2.38 bits per heavy atom. The first-order chi connectivity index (χ1) is 7.66. The lowest BCUT2D eigenvalue weighted by atomic mass is 10.2. The molecule has 90 valence electrons. The molecule has 0 aliphatic carbocycles. The first-order valence-corrected chi connectivity index (χ1v) is 5.97. The molecular weight excluding hydrogens is 204 g/mol. The van der Waals surface area contributed by atoms with Gasteiger partial charge in [0.1, 0.15) is 0 Å². The molecule has 0 amide bonds. The Labute approximate surface area is 96.2 Å². The summed E-state index contributed by atoms with van der Waals surface area (Å²) in [6.45, 7) is 8.21. The second-order valence-corrected chi connectivity index (χ2v) is 4.66. The highest BCUT2D eigenvalue weighted by molar-refractivity contribution is 5.27. The maximum Gasteiger partial charge on any atom is 0.324 e. The number of nitrogens with zero attached hydrogens (tertiary/aromatic N) is 3. The summed E-state index contributed by atoms with van der Waals surface area (Å²) in [4.78, 5) is 6.46. The van der Waals surface area contributed by atoms with Gasteiger partial charge in [-0.05, 0) is 40.2 Å². The molecule has 2 rings (SSSR count). The number of aromatic nitrogens is 2. The number of hydrogen-bond donors (Lipinski definition) is 1. The van der Waals surface area contributed by atoms with Crippen LogP contribution in [0.3, 0.4) is 0 Å². The summed E-state index contributed by atoms with van der Waals surface area (Å²) in [5, 5.41) is 7.33. The zero-order valence-electron chi connectivity index (χ0n) is 10.2. The van der Waals surface area contributed by atoms with Gasteiger partial charge in [0, 0.05) is 18.6 Å². The smallest absolute Gasteiger partial charge is 0.320 e. The van der Waals surface area contributed by atoms with E-state index in [-0.39, 0.29) is 0 Å². The van der Waals surface area contributed by atoms with Crippen LogP contribution < -0.4 is 10.2 Å². The number of rotatable bonds is 4. The van der Waals surface area contributed by atoms with Gasteiger partial charge in [-0.3, -0.25) is 0 Å². The molecule has 5 heteroatoms. The highest BCUT2D eigenvalue weighted by Crippen LogP contribution is 2.17. The molecular formula is C11H20N4O. The SMILES string of the molecule is Cc1noc(N(CC2CCCN2)C(C)C)n1. The molecule has 0 radical (unpaired) electrons. The van der Waals surface area contributed by atoms with Crippen molar-refractivity contribution in [2.75, 3.05) is 18.0 Å². The van der Waals surface area contributed by atoms with Crippen LogP contribution >= 0.6 is 0 Å². The molecule has 0 saturated carbocycles. The summed E-state index contributed by atoms with van der Waals surface area (Å²) in [6, 6.07) is 1.57. The molecule has 1 fully saturated rings. The first-order valence-electron chi connectivity index (χ1n) is 5.97. The summed E-state index contributed by atoms with van der Waals surface area (Å²) < 4.78 is 5.24. The van der Waals surface area contributed by atoms with Gasteiger partial charge in [0.25, 0.3) is 0 Å². The molecule has 1 atom stereocenters. The Morgan fingerprint density at radius 3 is 2.88 bits per heavy atom. The molecule has 1 aliphatic rings. The lowest BCUT2D eigenvalue weighted by Crippen LogP contribution is -2.41. The van der Waals surface area contributed by atoms with Crippen molar-refractivity contribution in [2.24, 2.45) is 0 Å². The highest BCUT2D eigenvalue weighted by Gasteiger charge is 2.23. The van der Waals surface area contributed by atoms with Gasteiger partial charge in [-0.1, -0.05) is 5.16 Å². The zero-order chi connectivity index (χ0) is 11.5. The average molecular weight is 224 g/mol. The van der Waals surface area contributed by atoms with Gasteiger partial charge < -0.3 is 14.7 Å². The quantitative estimate of drug-likeness (QED) is 0.836. The Hall–Kier alpha value is -1.10. The van der Waals surface area contributed by atoms with Crippen molar-refractivity contribution in [3.8, 4) is 0 Å². The molecule has 2 heterocycles. The lowest BCUT2D eigenvalue weighted by Gasteiger charge is -2.27. The van der Waals surface area contributed by atoms with E-state index in [2.05, 4.69) is 34.2 Å². The molecule has 0 aromatic carbocycles. The third-order valence-electron chi connectivity index (χ3n) is 2.97. The molecule has 1 N–H and O–H groups in total. The molecule has 16 heavy (non-hydrogen) atoms. The molecule has 5 nitrogen and oxygen atoms in total. The van der Waals surface area contributed by atoms with Gasteiger partial charge in [0.15, 0.2) is 5.82 Å². The number of anilines is 1. The third-order valence-corrected chi connectivity index (χ3v) is 2.97. The Morgan fingerprint density at radius 1 is 1.56 bits per heavy atom. The van der Waals surface area contributed by atoms with Crippen molar-refractivity contribution < 1.29 is 4.52 Å². The molecule has 1 aliphatic heterocycles. The van der Waals surface area contributed by atoms with Crippen molar-refractivity contribution in [1.29, 1.82) is 0 Å².